The molecule has 5 nitrogen and oxygen atoms in total. The predicted octanol–water partition coefficient (Wildman–Crippen LogP) is 2.73. The maximum Gasteiger partial charge on any atom is 0.242 e. The number of aromatic nitrogens is 1. The molecule has 0 atom stereocenters. The molecule has 0 radical (unpaired) electrons. The number of benzene rings is 1. The summed E-state index contributed by atoms with van der Waals surface area (Å²) in [6.45, 7) is 7.63. The van der Waals surface area contributed by atoms with Gasteiger partial charge in [0.1, 0.15) is 6.54 Å². The van der Waals surface area contributed by atoms with Crippen molar-refractivity contribution < 1.29 is 14.5 Å². The van der Waals surface area contributed by atoms with Gasteiger partial charge >= 0.3 is 0 Å². The Kier molecular flexibility index (Phi) is 6.38. The second kappa shape index (κ2) is 9.17. The molecule has 0 bridgehead atoms. The van der Waals surface area contributed by atoms with Crippen LogP contribution < -0.4 is 4.90 Å². The Morgan fingerprint density at radius 1 is 1.03 bits per heavy atom. The molecule has 0 unspecified atom stereocenters. The molecule has 5 heteroatoms. The first-order valence-corrected chi connectivity index (χ1v) is 11.4. The quantitative estimate of drug-likeness (QED) is 0.774. The molecule has 1 aliphatic carbocycles. The first-order chi connectivity index (χ1) is 14.5. The van der Waals surface area contributed by atoms with Crippen molar-refractivity contribution in [1.82, 2.24) is 9.47 Å². The van der Waals surface area contributed by atoms with Gasteiger partial charge in [-0.25, -0.2) is 0 Å². The molecular formula is C25H34N3O2+. The summed E-state index contributed by atoms with van der Waals surface area (Å²) in [5.74, 6) is 0.198. The standard InChI is InChI=1S/C25H33N3O2/c1-19-23(20(2)29)17-24(21-9-5-3-6-10-21)28(19)18-25(30)27-15-13-26(14-16-27)22-11-7-4-8-12-22/h3,5-6,9-10,17,22H,4,7-8,11-16,18H2,1-2H3/p+1. The van der Waals surface area contributed by atoms with Crippen LogP contribution in [0, 0.1) is 6.92 Å². The van der Waals surface area contributed by atoms with E-state index in [1.807, 2.05) is 52.8 Å². The number of amides is 1. The fourth-order valence-corrected chi connectivity index (χ4v) is 5.25. The summed E-state index contributed by atoms with van der Waals surface area (Å²) in [5, 5.41) is 0. The third-order valence-electron chi connectivity index (χ3n) is 7.05. The van der Waals surface area contributed by atoms with Gasteiger partial charge in [-0.05, 0) is 51.2 Å². The van der Waals surface area contributed by atoms with E-state index < -0.39 is 0 Å². The smallest absolute Gasteiger partial charge is 0.242 e. The van der Waals surface area contributed by atoms with Crippen LogP contribution in [0.2, 0.25) is 0 Å². The Bertz CT molecular complexity index is 889. The first-order valence-electron chi connectivity index (χ1n) is 11.4. The zero-order valence-electron chi connectivity index (χ0n) is 18.3. The van der Waals surface area contributed by atoms with Gasteiger partial charge in [-0.2, -0.15) is 0 Å². The molecular weight excluding hydrogens is 374 g/mol. The number of hydrogen-bond donors (Lipinski definition) is 1. The van der Waals surface area contributed by atoms with E-state index >= 15 is 0 Å². The van der Waals surface area contributed by atoms with Crippen molar-refractivity contribution in [2.24, 2.45) is 0 Å². The maximum atomic E-state index is 13.2. The third-order valence-corrected chi connectivity index (χ3v) is 7.05. The van der Waals surface area contributed by atoms with Gasteiger partial charge in [0.2, 0.25) is 5.91 Å². The minimum atomic E-state index is 0.0422. The van der Waals surface area contributed by atoms with Crippen LogP contribution in [0.1, 0.15) is 55.1 Å². The van der Waals surface area contributed by atoms with Crippen molar-refractivity contribution in [3.63, 3.8) is 0 Å². The van der Waals surface area contributed by atoms with Crippen molar-refractivity contribution >= 4 is 11.7 Å². The highest BCUT2D eigenvalue weighted by molar-refractivity contribution is 5.97. The van der Waals surface area contributed by atoms with Crippen LogP contribution in [0.15, 0.2) is 36.4 Å². The number of Topliss-reactive ketones (excluding diaryl/α,β-unsaturated/α-hetero) is 1. The highest BCUT2D eigenvalue weighted by Gasteiger charge is 2.30. The zero-order chi connectivity index (χ0) is 21.1. The molecule has 2 fully saturated rings. The highest BCUT2D eigenvalue weighted by atomic mass is 16.2. The van der Waals surface area contributed by atoms with E-state index in [-0.39, 0.29) is 11.7 Å². The largest absolute Gasteiger partial charge is 0.335 e. The number of nitrogens with zero attached hydrogens (tertiary/aromatic N) is 2. The maximum absolute atomic E-state index is 13.2. The number of ketones is 1. The lowest BCUT2D eigenvalue weighted by Crippen LogP contribution is -3.18. The molecule has 1 N–H and O–H groups in total. The number of carbonyl (C=O) groups is 2. The minimum Gasteiger partial charge on any atom is -0.335 e. The Labute approximate surface area is 179 Å². The zero-order valence-corrected chi connectivity index (χ0v) is 18.3. The second-order valence-electron chi connectivity index (χ2n) is 8.91. The van der Waals surface area contributed by atoms with Gasteiger partial charge in [-0.3, -0.25) is 9.59 Å². The van der Waals surface area contributed by atoms with Crippen LogP contribution in [0.4, 0.5) is 0 Å². The fourth-order valence-electron chi connectivity index (χ4n) is 5.25. The number of piperazine rings is 1. The molecule has 2 heterocycles. The molecule has 2 aliphatic rings. The van der Waals surface area contributed by atoms with E-state index in [4.69, 9.17) is 0 Å². The van der Waals surface area contributed by atoms with E-state index in [0.717, 1.165) is 49.2 Å². The number of rotatable bonds is 5. The Balaban J connectivity index is 1.47. The summed E-state index contributed by atoms with van der Waals surface area (Å²) in [5.41, 5.74) is 3.56. The number of nitrogens with one attached hydrogen (secondary N) is 1. The average Bonchev–Trinajstić information content (AvgIpc) is 3.11. The molecule has 30 heavy (non-hydrogen) atoms. The molecule has 1 saturated carbocycles. The van der Waals surface area contributed by atoms with Crippen molar-refractivity contribution in [3.05, 3.63) is 47.7 Å². The normalized spacial score (nSPS) is 18.5. The second-order valence-corrected chi connectivity index (χ2v) is 8.91. The van der Waals surface area contributed by atoms with Gasteiger partial charge < -0.3 is 14.4 Å². The summed E-state index contributed by atoms with van der Waals surface area (Å²) in [7, 11) is 0. The minimum absolute atomic E-state index is 0.0422. The Hall–Kier alpha value is -2.40. The summed E-state index contributed by atoms with van der Waals surface area (Å²) >= 11 is 0. The van der Waals surface area contributed by atoms with Crippen molar-refractivity contribution in [1.29, 1.82) is 0 Å². The van der Waals surface area contributed by atoms with Crippen molar-refractivity contribution in [3.8, 4) is 11.3 Å². The Morgan fingerprint density at radius 3 is 2.33 bits per heavy atom. The summed E-state index contributed by atoms with van der Waals surface area (Å²) in [6.07, 6.45) is 6.81. The number of hydrogen-bond acceptors (Lipinski definition) is 2. The number of quaternary nitrogens is 1. The lowest BCUT2D eigenvalue weighted by Gasteiger charge is -2.38. The van der Waals surface area contributed by atoms with E-state index in [9.17, 15) is 9.59 Å². The highest BCUT2D eigenvalue weighted by Crippen LogP contribution is 2.26. The SMILES string of the molecule is CC(=O)c1cc(-c2ccccc2)n(CC(=O)N2CC[NH+](C3CCCCC3)CC2)c1C. The summed E-state index contributed by atoms with van der Waals surface area (Å²) in [4.78, 5) is 29.0. The molecule has 160 valence electrons. The summed E-state index contributed by atoms with van der Waals surface area (Å²) in [6, 6.07) is 12.8. The molecule has 2 aromatic rings. The van der Waals surface area contributed by atoms with Gasteiger partial charge in [0.05, 0.1) is 32.2 Å². The molecule has 4 rings (SSSR count). The van der Waals surface area contributed by atoms with Gasteiger partial charge in [-0.1, -0.05) is 36.8 Å². The molecule has 1 saturated heterocycles. The van der Waals surface area contributed by atoms with Crippen LogP contribution in [0.3, 0.4) is 0 Å². The lowest BCUT2D eigenvalue weighted by atomic mass is 9.94. The van der Waals surface area contributed by atoms with Crippen LogP contribution in [-0.2, 0) is 11.3 Å². The average molecular weight is 409 g/mol. The topological polar surface area (TPSA) is 46.8 Å². The fraction of sp³-hybridized carbons (Fsp3) is 0.520. The molecule has 1 aromatic carbocycles. The lowest BCUT2D eigenvalue weighted by molar-refractivity contribution is -0.930. The van der Waals surface area contributed by atoms with Crippen LogP contribution in [0.25, 0.3) is 11.3 Å². The predicted molar refractivity (Wildman–Crippen MR) is 119 cm³/mol. The van der Waals surface area contributed by atoms with E-state index in [1.165, 1.54) is 32.1 Å². The summed E-state index contributed by atoms with van der Waals surface area (Å²) < 4.78 is 2.02. The monoisotopic (exact) mass is 408 g/mol. The van der Waals surface area contributed by atoms with E-state index in [0.29, 0.717) is 12.1 Å². The first kappa shape index (κ1) is 20.9. The van der Waals surface area contributed by atoms with E-state index in [2.05, 4.69) is 0 Å². The van der Waals surface area contributed by atoms with Crippen molar-refractivity contribution in [2.45, 2.75) is 58.5 Å². The van der Waals surface area contributed by atoms with Gasteiger partial charge in [0.15, 0.2) is 5.78 Å². The molecule has 1 amide bonds. The third kappa shape index (κ3) is 4.36. The van der Waals surface area contributed by atoms with E-state index in [1.54, 1.807) is 11.8 Å². The number of carbonyl (C=O) groups excluding carboxylic acids is 2. The Morgan fingerprint density at radius 2 is 1.70 bits per heavy atom. The molecule has 0 spiro atoms. The van der Waals surface area contributed by atoms with Crippen LogP contribution in [0.5, 0.6) is 0 Å². The van der Waals surface area contributed by atoms with Crippen LogP contribution in [-0.4, -0.2) is 53.4 Å². The molecule has 1 aliphatic heterocycles. The van der Waals surface area contributed by atoms with Gasteiger partial charge in [0.25, 0.3) is 0 Å². The van der Waals surface area contributed by atoms with Crippen molar-refractivity contribution in [2.75, 3.05) is 26.2 Å². The molecule has 1 aromatic heterocycles. The van der Waals surface area contributed by atoms with Gasteiger partial charge in [0, 0.05) is 17.0 Å². The van der Waals surface area contributed by atoms with Crippen LogP contribution >= 0.6 is 0 Å². The van der Waals surface area contributed by atoms with Gasteiger partial charge in [-0.15, -0.1) is 0 Å².